The van der Waals surface area contributed by atoms with Crippen molar-refractivity contribution in [3.8, 4) is 17.6 Å². The van der Waals surface area contributed by atoms with Crippen LogP contribution >= 0.6 is 11.6 Å². The summed E-state index contributed by atoms with van der Waals surface area (Å²) in [6, 6.07) is 2.73. The molecule has 0 unspecified atom stereocenters. The van der Waals surface area contributed by atoms with Crippen LogP contribution in [0.5, 0.6) is 5.75 Å². The largest absolute Gasteiger partial charge is 0.508 e. The highest BCUT2D eigenvalue weighted by Gasteiger charge is 2.31. The molecule has 0 atom stereocenters. The third kappa shape index (κ3) is 3.67. The van der Waals surface area contributed by atoms with Crippen LogP contribution in [0.25, 0.3) is 0 Å². The van der Waals surface area contributed by atoms with Crippen molar-refractivity contribution in [3.05, 3.63) is 29.3 Å². The summed E-state index contributed by atoms with van der Waals surface area (Å²) >= 11 is 5.37. The van der Waals surface area contributed by atoms with Crippen LogP contribution in [-0.2, 0) is 6.18 Å². The van der Waals surface area contributed by atoms with Crippen LogP contribution in [0.15, 0.2) is 18.2 Å². The van der Waals surface area contributed by atoms with Gasteiger partial charge in [0.2, 0.25) is 0 Å². The molecule has 0 saturated heterocycles. The van der Waals surface area contributed by atoms with Crippen molar-refractivity contribution in [2.45, 2.75) is 12.6 Å². The summed E-state index contributed by atoms with van der Waals surface area (Å²) in [7, 11) is 0. The first-order chi connectivity index (χ1) is 7.43. The van der Waals surface area contributed by atoms with Crippen LogP contribution < -0.4 is 0 Å². The number of phenols is 1. The lowest BCUT2D eigenvalue weighted by Gasteiger charge is -2.07. The Kier molecular flexibility index (Phi) is 4.08. The maximum Gasteiger partial charge on any atom is 0.416 e. The molecule has 0 heterocycles. The van der Waals surface area contributed by atoms with Gasteiger partial charge in [-0.2, -0.15) is 13.2 Å². The Morgan fingerprint density at radius 2 is 1.94 bits per heavy atom. The van der Waals surface area contributed by atoms with Gasteiger partial charge in [-0.25, -0.2) is 0 Å². The number of halogens is 4. The summed E-state index contributed by atoms with van der Waals surface area (Å²) in [5.41, 5.74) is -0.792. The predicted octanol–water partition coefficient (Wildman–Crippen LogP) is 3.39. The molecule has 0 fully saturated rings. The maximum atomic E-state index is 12.4. The van der Waals surface area contributed by atoms with Crippen molar-refractivity contribution in [2.24, 2.45) is 0 Å². The van der Waals surface area contributed by atoms with Gasteiger partial charge in [-0.15, -0.1) is 11.6 Å². The van der Waals surface area contributed by atoms with Gasteiger partial charge < -0.3 is 5.11 Å². The Bertz CT molecular complexity index is 429. The molecule has 0 amide bonds. The number of rotatable bonds is 1. The molecule has 0 spiro atoms. The van der Waals surface area contributed by atoms with E-state index in [0.29, 0.717) is 18.4 Å². The Morgan fingerprint density at radius 3 is 2.50 bits per heavy atom. The SMILES string of the molecule is Oc1cc(C#CCCCl)cc(C(F)(F)F)c1. The van der Waals surface area contributed by atoms with Gasteiger partial charge in [0.1, 0.15) is 5.75 Å². The normalized spacial score (nSPS) is 10.8. The zero-order valence-electron chi connectivity index (χ0n) is 8.11. The molecular weight excluding hydrogens is 241 g/mol. The lowest BCUT2D eigenvalue weighted by molar-refractivity contribution is -0.137. The van der Waals surface area contributed by atoms with Crippen molar-refractivity contribution in [1.29, 1.82) is 0 Å². The quantitative estimate of drug-likeness (QED) is 0.597. The van der Waals surface area contributed by atoms with Gasteiger partial charge in [-0.1, -0.05) is 11.8 Å². The lowest BCUT2D eigenvalue weighted by atomic mass is 10.1. The third-order valence-corrected chi connectivity index (χ3v) is 1.89. The van der Waals surface area contributed by atoms with Crippen LogP contribution in [-0.4, -0.2) is 11.0 Å². The van der Waals surface area contributed by atoms with Gasteiger partial charge >= 0.3 is 6.18 Å². The second kappa shape index (κ2) is 5.13. The van der Waals surface area contributed by atoms with Crippen LogP contribution in [0.3, 0.4) is 0 Å². The fraction of sp³-hybridized carbons (Fsp3) is 0.273. The maximum absolute atomic E-state index is 12.4. The van der Waals surface area contributed by atoms with Gasteiger partial charge in [0.15, 0.2) is 0 Å². The minimum Gasteiger partial charge on any atom is -0.508 e. The molecule has 5 heteroatoms. The molecule has 0 aliphatic rings. The summed E-state index contributed by atoms with van der Waals surface area (Å²) in [6.45, 7) is 0. The van der Waals surface area contributed by atoms with Crippen molar-refractivity contribution >= 4 is 11.6 Å². The van der Waals surface area contributed by atoms with E-state index in [1.165, 1.54) is 6.07 Å². The Morgan fingerprint density at radius 1 is 1.25 bits per heavy atom. The summed E-state index contributed by atoms with van der Waals surface area (Å²) in [5.74, 6) is 4.96. The van der Waals surface area contributed by atoms with Crippen LogP contribution in [0, 0.1) is 11.8 Å². The molecule has 1 nitrogen and oxygen atoms in total. The van der Waals surface area contributed by atoms with E-state index in [4.69, 9.17) is 16.7 Å². The molecular formula is C11H8ClF3O. The second-order valence-electron chi connectivity index (χ2n) is 3.01. The molecule has 1 N–H and O–H groups in total. The third-order valence-electron chi connectivity index (χ3n) is 1.70. The van der Waals surface area contributed by atoms with E-state index < -0.39 is 17.5 Å². The number of alkyl halides is 4. The molecule has 0 bridgehead atoms. The summed E-state index contributed by atoms with van der Waals surface area (Å²) in [5, 5.41) is 9.12. The first-order valence-corrected chi connectivity index (χ1v) is 4.93. The van der Waals surface area contributed by atoms with Gasteiger partial charge in [0.25, 0.3) is 0 Å². The molecule has 0 radical (unpaired) electrons. The molecule has 0 aromatic heterocycles. The van der Waals surface area contributed by atoms with Gasteiger partial charge in [-0.05, 0) is 18.2 Å². The molecule has 1 aromatic carbocycles. The molecule has 16 heavy (non-hydrogen) atoms. The van der Waals surface area contributed by atoms with Gasteiger partial charge in [0, 0.05) is 17.9 Å². The van der Waals surface area contributed by atoms with Crippen molar-refractivity contribution in [1.82, 2.24) is 0 Å². The van der Waals surface area contributed by atoms with E-state index in [-0.39, 0.29) is 5.56 Å². The molecule has 0 aliphatic carbocycles. The Hall–Kier alpha value is -1.34. The van der Waals surface area contributed by atoms with Gasteiger partial charge in [0.05, 0.1) is 5.56 Å². The van der Waals surface area contributed by atoms with E-state index in [9.17, 15) is 13.2 Å². The smallest absolute Gasteiger partial charge is 0.416 e. The zero-order chi connectivity index (χ0) is 12.2. The summed E-state index contributed by atoms with van der Waals surface area (Å²) < 4.78 is 37.1. The standard InChI is InChI=1S/C11H8ClF3O/c12-4-2-1-3-8-5-9(11(13,14)15)7-10(16)6-8/h5-7,16H,2,4H2. The second-order valence-corrected chi connectivity index (χ2v) is 3.39. The minimum absolute atomic E-state index is 0.123. The highest BCUT2D eigenvalue weighted by molar-refractivity contribution is 6.18. The number of hydrogen-bond acceptors (Lipinski definition) is 1. The first-order valence-electron chi connectivity index (χ1n) is 4.39. The fourth-order valence-corrected chi connectivity index (χ4v) is 1.15. The topological polar surface area (TPSA) is 20.2 Å². The molecule has 0 saturated carbocycles. The number of aromatic hydroxyl groups is 1. The number of phenolic OH excluding ortho intramolecular Hbond substituents is 1. The van der Waals surface area contributed by atoms with E-state index in [0.717, 1.165) is 6.07 Å². The van der Waals surface area contributed by atoms with Crippen LogP contribution in [0.4, 0.5) is 13.2 Å². The van der Waals surface area contributed by atoms with E-state index in [1.807, 2.05) is 0 Å². The van der Waals surface area contributed by atoms with Gasteiger partial charge in [-0.3, -0.25) is 0 Å². The van der Waals surface area contributed by atoms with Crippen LogP contribution in [0.2, 0.25) is 0 Å². The Balaban J connectivity index is 3.05. The van der Waals surface area contributed by atoms with E-state index in [1.54, 1.807) is 0 Å². The van der Waals surface area contributed by atoms with Crippen molar-refractivity contribution < 1.29 is 18.3 Å². The van der Waals surface area contributed by atoms with Crippen molar-refractivity contribution in [3.63, 3.8) is 0 Å². The monoisotopic (exact) mass is 248 g/mol. The molecule has 0 aliphatic heterocycles. The van der Waals surface area contributed by atoms with Crippen molar-refractivity contribution in [2.75, 3.05) is 5.88 Å². The lowest BCUT2D eigenvalue weighted by Crippen LogP contribution is -2.04. The predicted molar refractivity (Wildman–Crippen MR) is 55.3 cm³/mol. The molecule has 1 rings (SSSR count). The summed E-state index contributed by atoms with van der Waals surface area (Å²) in [6.07, 6.45) is -4.10. The highest BCUT2D eigenvalue weighted by Crippen LogP contribution is 2.32. The molecule has 1 aromatic rings. The average Bonchev–Trinajstić information content (AvgIpc) is 2.16. The van der Waals surface area contributed by atoms with E-state index >= 15 is 0 Å². The molecule has 86 valence electrons. The fourth-order valence-electron chi connectivity index (χ4n) is 1.06. The highest BCUT2D eigenvalue weighted by atomic mass is 35.5. The Labute approximate surface area is 95.8 Å². The number of benzene rings is 1. The van der Waals surface area contributed by atoms with E-state index in [2.05, 4.69) is 11.8 Å². The summed E-state index contributed by atoms with van der Waals surface area (Å²) in [4.78, 5) is 0. The minimum atomic E-state index is -4.48. The zero-order valence-corrected chi connectivity index (χ0v) is 8.86. The van der Waals surface area contributed by atoms with Crippen LogP contribution in [0.1, 0.15) is 17.5 Å². The first kappa shape index (κ1) is 12.7. The average molecular weight is 249 g/mol. The number of hydrogen-bond donors (Lipinski definition) is 1.